The SMILES string of the molecule is Nc1ccccc1C(=O)C[C@@H](C(=O)O)N(O)O. The normalized spacial score (nSPS) is 12.4. The third-order valence-electron chi connectivity index (χ3n) is 2.20. The van der Waals surface area contributed by atoms with Gasteiger partial charge in [-0.3, -0.25) is 20.0 Å². The van der Waals surface area contributed by atoms with Crippen molar-refractivity contribution in [3.8, 4) is 0 Å². The summed E-state index contributed by atoms with van der Waals surface area (Å²) in [7, 11) is 0. The monoisotopic (exact) mass is 240 g/mol. The number of hydroxylamine groups is 2. The second-order valence-corrected chi connectivity index (χ2v) is 3.39. The maximum absolute atomic E-state index is 11.7. The van der Waals surface area contributed by atoms with E-state index in [1.165, 1.54) is 12.1 Å². The number of carbonyl (C=O) groups excluding carboxylic acids is 1. The molecule has 1 aromatic carbocycles. The van der Waals surface area contributed by atoms with E-state index in [0.717, 1.165) is 0 Å². The molecule has 7 heteroatoms. The highest BCUT2D eigenvalue weighted by atomic mass is 16.8. The first kappa shape index (κ1) is 13.1. The molecule has 0 saturated carbocycles. The van der Waals surface area contributed by atoms with Gasteiger partial charge in [0.05, 0.1) is 0 Å². The van der Waals surface area contributed by atoms with Crippen molar-refractivity contribution in [2.75, 3.05) is 5.73 Å². The van der Waals surface area contributed by atoms with Crippen LogP contribution in [0.3, 0.4) is 0 Å². The van der Waals surface area contributed by atoms with Gasteiger partial charge in [-0.25, -0.2) is 0 Å². The Kier molecular flexibility index (Phi) is 4.16. The Labute approximate surface area is 96.6 Å². The number of nitrogen functional groups attached to an aromatic ring is 1. The molecular formula is C10H12N2O5. The molecule has 0 amide bonds. The van der Waals surface area contributed by atoms with Crippen molar-refractivity contribution in [1.82, 2.24) is 5.23 Å². The van der Waals surface area contributed by atoms with Crippen LogP contribution in [0.4, 0.5) is 5.69 Å². The van der Waals surface area contributed by atoms with Gasteiger partial charge in [-0.15, -0.1) is 0 Å². The number of nitrogens with zero attached hydrogens (tertiary/aromatic N) is 1. The molecule has 0 saturated heterocycles. The molecule has 0 spiro atoms. The number of Topliss-reactive ketones (excluding diaryl/α,β-unsaturated/α-hetero) is 1. The quantitative estimate of drug-likeness (QED) is 0.333. The van der Waals surface area contributed by atoms with Gasteiger partial charge in [0.2, 0.25) is 0 Å². The molecule has 0 radical (unpaired) electrons. The third-order valence-corrected chi connectivity index (χ3v) is 2.20. The number of para-hydroxylation sites is 1. The summed E-state index contributed by atoms with van der Waals surface area (Å²) in [6.45, 7) is 0. The van der Waals surface area contributed by atoms with E-state index in [2.05, 4.69) is 0 Å². The lowest BCUT2D eigenvalue weighted by Crippen LogP contribution is -2.38. The topological polar surface area (TPSA) is 124 Å². The van der Waals surface area contributed by atoms with Gasteiger partial charge >= 0.3 is 5.97 Å². The van der Waals surface area contributed by atoms with Crippen LogP contribution in [0, 0.1) is 0 Å². The number of benzene rings is 1. The minimum atomic E-state index is -1.72. The van der Waals surface area contributed by atoms with E-state index in [1.807, 2.05) is 0 Å². The maximum Gasteiger partial charge on any atom is 0.326 e. The van der Waals surface area contributed by atoms with Crippen LogP contribution >= 0.6 is 0 Å². The molecular weight excluding hydrogens is 228 g/mol. The van der Waals surface area contributed by atoms with Gasteiger partial charge in [-0.2, -0.15) is 0 Å². The molecule has 0 bridgehead atoms. The van der Waals surface area contributed by atoms with Crippen LogP contribution in [0.2, 0.25) is 0 Å². The number of rotatable bonds is 5. The van der Waals surface area contributed by atoms with E-state index in [4.69, 9.17) is 21.3 Å². The van der Waals surface area contributed by atoms with Gasteiger partial charge < -0.3 is 10.8 Å². The van der Waals surface area contributed by atoms with Crippen molar-refractivity contribution in [2.24, 2.45) is 0 Å². The molecule has 0 aromatic heterocycles. The van der Waals surface area contributed by atoms with Crippen molar-refractivity contribution in [3.63, 3.8) is 0 Å². The number of anilines is 1. The van der Waals surface area contributed by atoms with E-state index >= 15 is 0 Å². The summed E-state index contributed by atoms with van der Waals surface area (Å²) in [6.07, 6.45) is -0.587. The molecule has 0 aliphatic heterocycles. The predicted molar refractivity (Wildman–Crippen MR) is 56.6 cm³/mol. The van der Waals surface area contributed by atoms with Crippen LogP contribution < -0.4 is 5.73 Å². The molecule has 17 heavy (non-hydrogen) atoms. The van der Waals surface area contributed by atoms with Crippen molar-refractivity contribution in [2.45, 2.75) is 12.5 Å². The lowest BCUT2D eigenvalue weighted by molar-refractivity contribution is -0.326. The summed E-state index contributed by atoms with van der Waals surface area (Å²) in [4.78, 5) is 22.3. The molecule has 92 valence electrons. The number of nitrogens with two attached hydrogens (primary N) is 1. The summed E-state index contributed by atoms with van der Waals surface area (Å²) < 4.78 is 0. The standard InChI is InChI=1S/C10H12N2O5/c11-7-4-2-1-3-6(7)9(13)5-8(10(14)15)12(16)17/h1-4,8,16-17H,5,11H2,(H,14,15)/t8-/m0/s1. The van der Waals surface area contributed by atoms with Gasteiger partial charge in [0, 0.05) is 17.7 Å². The van der Waals surface area contributed by atoms with E-state index in [9.17, 15) is 9.59 Å². The van der Waals surface area contributed by atoms with Crippen molar-refractivity contribution >= 4 is 17.4 Å². The fourth-order valence-corrected chi connectivity index (χ4v) is 1.30. The number of carbonyl (C=O) groups is 2. The zero-order valence-corrected chi connectivity index (χ0v) is 8.78. The molecule has 5 N–H and O–H groups in total. The zero-order valence-electron chi connectivity index (χ0n) is 8.78. The molecule has 1 rings (SSSR count). The first-order chi connectivity index (χ1) is 7.93. The fraction of sp³-hybridized carbons (Fsp3) is 0.200. The van der Waals surface area contributed by atoms with Crippen molar-refractivity contribution < 1.29 is 25.1 Å². The second kappa shape index (κ2) is 5.39. The highest BCUT2D eigenvalue weighted by Gasteiger charge is 2.27. The van der Waals surface area contributed by atoms with Gasteiger partial charge in [0.1, 0.15) is 0 Å². The Morgan fingerprint density at radius 2 is 1.88 bits per heavy atom. The lowest BCUT2D eigenvalue weighted by atomic mass is 10.0. The molecule has 0 aliphatic carbocycles. The molecule has 0 unspecified atom stereocenters. The van der Waals surface area contributed by atoms with Gasteiger partial charge in [-0.05, 0) is 12.1 Å². The van der Waals surface area contributed by atoms with Gasteiger partial charge in [-0.1, -0.05) is 17.4 Å². The highest BCUT2D eigenvalue weighted by molar-refractivity contribution is 6.02. The Hall–Kier alpha value is -1.96. The Morgan fingerprint density at radius 1 is 1.29 bits per heavy atom. The second-order valence-electron chi connectivity index (χ2n) is 3.39. The van der Waals surface area contributed by atoms with E-state index in [-0.39, 0.29) is 11.3 Å². The summed E-state index contributed by atoms with van der Waals surface area (Å²) >= 11 is 0. The van der Waals surface area contributed by atoms with E-state index < -0.39 is 29.4 Å². The summed E-state index contributed by atoms with van der Waals surface area (Å²) in [6, 6.07) is 4.43. The van der Waals surface area contributed by atoms with Crippen LogP contribution in [0.1, 0.15) is 16.8 Å². The number of aliphatic carboxylic acids is 1. The lowest BCUT2D eigenvalue weighted by Gasteiger charge is -2.15. The first-order valence-corrected chi connectivity index (χ1v) is 4.71. The van der Waals surface area contributed by atoms with Crippen LogP contribution in [-0.4, -0.2) is 38.5 Å². The van der Waals surface area contributed by atoms with Crippen molar-refractivity contribution in [3.05, 3.63) is 29.8 Å². The highest BCUT2D eigenvalue weighted by Crippen LogP contribution is 2.15. The molecule has 0 heterocycles. The number of hydrogen-bond donors (Lipinski definition) is 4. The molecule has 0 aliphatic rings. The maximum atomic E-state index is 11.7. The van der Waals surface area contributed by atoms with Crippen LogP contribution in [-0.2, 0) is 4.79 Å². The summed E-state index contributed by atoms with van der Waals surface area (Å²) in [5.41, 5.74) is 5.91. The average Bonchev–Trinajstić information content (AvgIpc) is 2.25. The number of carboxylic acid groups (broad SMARTS) is 1. The molecule has 0 fully saturated rings. The smallest absolute Gasteiger partial charge is 0.326 e. The first-order valence-electron chi connectivity index (χ1n) is 4.71. The Bertz CT molecular complexity index is 432. The number of carboxylic acids is 1. The van der Waals surface area contributed by atoms with Gasteiger partial charge in [0.15, 0.2) is 11.8 Å². The van der Waals surface area contributed by atoms with Crippen LogP contribution in [0.5, 0.6) is 0 Å². The number of ketones is 1. The molecule has 7 nitrogen and oxygen atoms in total. The van der Waals surface area contributed by atoms with E-state index in [0.29, 0.717) is 0 Å². The summed E-state index contributed by atoms with van der Waals surface area (Å²) in [5, 5.41) is 25.5. The third kappa shape index (κ3) is 3.25. The molecule has 1 aromatic rings. The van der Waals surface area contributed by atoms with Crippen molar-refractivity contribution in [1.29, 1.82) is 0 Å². The zero-order chi connectivity index (χ0) is 13.0. The van der Waals surface area contributed by atoms with Crippen LogP contribution in [0.25, 0.3) is 0 Å². The largest absolute Gasteiger partial charge is 0.480 e. The minimum absolute atomic E-state index is 0.153. The Morgan fingerprint density at radius 3 is 2.35 bits per heavy atom. The predicted octanol–water partition coefficient (Wildman–Crippen LogP) is 0.375. The minimum Gasteiger partial charge on any atom is -0.480 e. The van der Waals surface area contributed by atoms with Gasteiger partial charge in [0.25, 0.3) is 0 Å². The van der Waals surface area contributed by atoms with Crippen LogP contribution in [0.15, 0.2) is 24.3 Å². The molecule has 1 atom stereocenters. The summed E-state index contributed by atoms with van der Waals surface area (Å²) in [5.74, 6) is -2.10. The average molecular weight is 240 g/mol. The number of hydrogen-bond acceptors (Lipinski definition) is 6. The Balaban J connectivity index is 2.85. The fourth-order valence-electron chi connectivity index (χ4n) is 1.30. The van der Waals surface area contributed by atoms with E-state index in [1.54, 1.807) is 12.1 Å².